The van der Waals surface area contributed by atoms with Crippen molar-refractivity contribution in [2.75, 3.05) is 0 Å². The summed E-state index contributed by atoms with van der Waals surface area (Å²) in [5.41, 5.74) is 2.32. The molecule has 8 heteroatoms. The number of hydrazine groups is 1. The number of carbonyl (C=O) groups excluding carboxylic acids is 2. The van der Waals surface area contributed by atoms with Gasteiger partial charge in [-0.3, -0.25) is 15.0 Å². The number of benzene rings is 1. The van der Waals surface area contributed by atoms with Crippen LogP contribution in [-0.2, 0) is 0 Å². The summed E-state index contributed by atoms with van der Waals surface area (Å²) in [5.74, 6) is 4.50. The van der Waals surface area contributed by atoms with Crippen LogP contribution in [0.25, 0.3) is 0 Å². The maximum absolute atomic E-state index is 11.0. The lowest BCUT2D eigenvalue weighted by atomic mass is 10.2. The number of hydrogen-bond donors (Lipinski definition) is 2. The fourth-order valence-electron chi connectivity index (χ4n) is 0.768. The van der Waals surface area contributed by atoms with Gasteiger partial charge in [0.15, 0.2) is 0 Å². The van der Waals surface area contributed by atoms with Crippen LogP contribution < -0.4 is 11.3 Å². The van der Waals surface area contributed by atoms with Crippen molar-refractivity contribution in [1.82, 2.24) is 5.43 Å². The summed E-state index contributed by atoms with van der Waals surface area (Å²) in [5, 5.41) is 0.808. The van der Waals surface area contributed by atoms with Crippen LogP contribution in [0.3, 0.4) is 0 Å². The Kier molecular flexibility index (Phi) is 7.45. The van der Waals surface area contributed by atoms with E-state index in [1.54, 1.807) is 0 Å². The van der Waals surface area contributed by atoms with Gasteiger partial charge in [-0.05, 0) is 41.4 Å². The molecule has 0 saturated heterocycles. The summed E-state index contributed by atoms with van der Waals surface area (Å²) in [6.07, 6.45) is 0. The molecule has 0 saturated carbocycles. The Bertz CT molecular complexity index is 373. The predicted octanol–water partition coefficient (Wildman–Crippen LogP) is 3.18. The molecule has 0 aliphatic heterocycles. The highest BCUT2D eigenvalue weighted by molar-refractivity contribution is 6.93. The van der Waals surface area contributed by atoms with Crippen LogP contribution in [0.4, 0.5) is 4.79 Å². The monoisotopic (exact) mass is 302 g/mol. The first-order valence-corrected chi connectivity index (χ1v) is 5.20. The van der Waals surface area contributed by atoms with Crippen molar-refractivity contribution in [2.24, 2.45) is 5.84 Å². The molecule has 0 heterocycles. The van der Waals surface area contributed by atoms with E-state index < -0.39 is 10.6 Å². The average Bonchev–Trinajstić information content (AvgIpc) is 2.14. The number of carbonyl (C=O) groups is 2. The Balaban J connectivity index is 0.000000487. The molecule has 0 atom stereocenters. The number of nitrogens with two attached hydrogens (primary N) is 1. The zero-order chi connectivity index (χ0) is 12.7. The highest BCUT2D eigenvalue weighted by atomic mass is 35.5. The zero-order valence-corrected chi connectivity index (χ0v) is 10.7. The van der Waals surface area contributed by atoms with E-state index in [1.165, 1.54) is 18.2 Å². The molecular formula is C8H6Cl4N2O2. The van der Waals surface area contributed by atoms with Gasteiger partial charge < -0.3 is 0 Å². The third kappa shape index (κ3) is 6.87. The fourth-order valence-corrected chi connectivity index (χ4v) is 1.29. The minimum Gasteiger partial charge on any atom is -0.290 e. The second kappa shape index (κ2) is 7.70. The molecule has 0 bridgehead atoms. The van der Waals surface area contributed by atoms with E-state index in [4.69, 9.17) is 33.8 Å². The lowest BCUT2D eigenvalue weighted by Crippen LogP contribution is -2.29. The molecular weight excluding hydrogens is 298 g/mol. The second-order valence-electron chi connectivity index (χ2n) is 2.36. The molecule has 16 heavy (non-hydrogen) atoms. The van der Waals surface area contributed by atoms with E-state index in [-0.39, 0.29) is 0 Å². The molecule has 0 radical (unpaired) electrons. The zero-order valence-electron chi connectivity index (χ0n) is 7.64. The lowest BCUT2D eigenvalue weighted by Gasteiger charge is -2.00. The third-order valence-corrected chi connectivity index (χ3v) is 1.69. The van der Waals surface area contributed by atoms with Gasteiger partial charge in [-0.15, -0.1) is 0 Å². The number of nitrogens with one attached hydrogen (secondary N) is 1. The second-order valence-corrected chi connectivity index (χ2v) is 4.11. The van der Waals surface area contributed by atoms with E-state index in [2.05, 4.69) is 23.2 Å². The number of nitrogen functional groups attached to an aromatic ring is 1. The quantitative estimate of drug-likeness (QED) is 0.362. The Morgan fingerprint density at radius 3 is 1.75 bits per heavy atom. The summed E-state index contributed by atoms with van der Waals surface area (Å²) in [7, 11) is 0. The van der Waals surface area contributed by atoms with Crippen LogP contribution in [0.1, 0.15) is 10.4 Å². The van der Waals surface area contributed by atoms with E-state index >= 15 is 0 Å². The summed E-state index contributed by atoms with van der Waals surface area (Å²) < 4.78 is -0.889. The van der Waals surface area contributed by atoms with Crippen LogP contribution in [-0.4, -0.2) is 10.6 Å². The average molecular weight is 304 g/mol. The molecule has 0 aromatic heterocycles. The van der Waals surface area contributed by atoms with Crippen molar-refractivity contribution in [1.29, 1.82) is 0 Å². The first-order valence-electron chi connectivity index (χ1n) is 3.68. The molecule has 0 aliphatic carbocycles. The molecule has 0 unspecified atom stereocenters. The Labute approximate surface area is 112 Å². The van der Waals surface area contributed by atoms with Gasteiger partial charge in [0.2, 0.25) is 0 Å². The van der Waals surface area contributed by atoms with Crippen LogP contribution in [0.5, 0.6) is 0 Å². The third-order valence-electron chi connectivity index (χ3n) is 1.26. The first kappa shape index (κ1) is 15.5. The molecule has 1 rings (SSSR count). The van der Waals surface area contributed by atoms with Crippen molar-refractivity contribution in [3.63, 3.8) is 0 Å². The number of amides is 1. The van der Waals surface area contributed by atoms with Gasteiger partial charge in [0.25, 0.3) is 5.91 Å². The smallest absolute Gasteiger partial charge is 0.290 e. The van der Waals surface area contributed by atoms with Crippen LogP contribution in [0.2, 0.25) is 10.0 Å². The fraction of sp³-hybridized carbons (Fsp3) is 0. The Hall–Kier alpha value is -0.520. The Morgan fingerprint density at radius 2 is 1.44 bits per heavy atom. The summed E-state index contributed by atoms with van der Waals surface area (Å²) >= 11 is 20.1. The van der Waals surface area contributed by atoms with Crippen molar-refractivity contribution >= 4 is 57.0 Å². The molecule has 0 spiro atoms. The standard InChI is InChI=1S/C7H6Cl2N2O.CCl2O/c8-5-1-4(7(12)11-10)2-6(9)3-5;2-1(3)4/h1-3H,10H2,(H,11,12);. The van der Waals surface area contributed by atoms with Gasteiger partial charge in [-0.1, -0.05) is 23.2 Å². The summed E-state index contributed by atoms with van der Waals surface area (Å²) in [6, 6.07) is 4.50. The van der Waals surface area contributed by atoms with E-state index in [0.29, 0.717) is 15.6 Å². The molecule has 1 amide bonds. The van der Waals surface area contributed by atoms with Gasteiger partial charge in [-0.2, -0.15) is 0 Å². The van der Waals surface area contributed by atoms with Crippen molar-refractivity contribution in [2.45, 2.75) is 0 Å². The molecule has 0 fully saturated rings. The van der Waals surface area contributed by atoms with Crippen LogP contribution in [0, 0.1) is 0 Å². The normalized spacial score (nSPS) is 8.81. The highest BCUT2D eigenvalue weighted by Gasteiger charge is 2.04. The summed E-state index contributed by atoms with van der Waals surface area (Å²) in [4.78, 5) is 19.9. The van der Waals surface area contributed by atoms with Gasteiger partial charge in [0.05, 0.1) is 0 Å². The van der Waals surface area contributed by atoms with Crippen molar-refractivity contribution < 1.29 is 9.59 Å². The van der Waals surface area contributed by atoms with Crippen LogP contribution >= 0.6 is 46.4 Å². The van der Waals surface area contributed by atoms with E-state index in [0.717, 1.165) is 0 Å². The maximum atomic E-state index is 11.0. The largest absolute Gasteiger partial charge is 0.313 e. The van der Waals surface area contributed by atoms with Gasteiger partial charge in [0.1, 0.15) is 0 Å². The van der Waals surface area contributed by atoms with Gasteiger partial charge in [0, 0.05) is 15.6 Å². The number of halogens is 4. The molecule has 4 nitrogen and oxygen atoms in total. The SMILES string of the molecule is NNC(=O)c1cc(Cl)cc(Cl)c1.O=C(Cl)Cl. The molecule has 3 N–H and O–H groups in total. The lowest BCUT2D eigenvalue weighted by molar-refractivity contribution is 0.0953. The minimum absolute atomic E-state index is 0.343. The topological polar surface area (TPSA) is 72.2 Å². The van der Waals surface area contributed by atoms with Gasteiger partial charge >= 0.3 is 4.70 Å². The minimum atomic E-state index is -0.889. The van der Waals surface area contributed by atoms with Crippen molar-refractivity contribution in [3.05, 3.63) is 33.8 Å². The number of hydrogen-bond acceptors (Lipinski definition) is 3. The summed E-state index contributed by atoms with van der Waals surface area (Å²) in [6.45, 7) is 0. The molecule has 88 valence electrons. The predicted molar refractivity (Wildman–Crippen MR) is 65.2 cm³/mol. The van der Waals surface area contributed by atoms with Crippen molar-refractivity contribution in [3.8, 4) is 0 Å². The molecule has 1 aromatic carbocycles. The Morgan fingerprint density at radius 1 is 1.06 bits per heavy atom. The van der Waals surface area contributed by atoms with E-state index in [1.807, 2.05) is 5.43 Å². The number of rotatable bonds is 1. The van der Waals surface area contributed by atoms with Crippen LogP contribution in [0.15, 0.2) is 18.2 Å². The highest BCUT2D eigenvalue weighted by Crippen LogP contribution is 2.18. The molecule has 0 aliphatic rings. The van der Waals surface area contributed by atoms with E-state index in [9.17, 15) is 4.79 Å². The van der Waals surface area contributed by atoms with Gasteiger partial charge in [-0.25, -0.2) is 5.84 Å². The maximum Gasteiger partial charge on any atom is 0.313 e. The molecule has 1 aromatic rings. The first-order chi connectivity index (χ1) is 7.36.